The van der Waals surface area contributed by atoms with Crippen molar-refractivity contribution < 1.29 is 4.79 Å². The Morgan fingerprint density at radius 2 is 1.76 bits per heavy atom. The average Bonchev–Trinajstić information content (AvgIpc) is 3.50. The fourth-order valence-corrected chi connectivity index (χ4v) is 5.22. The van der Waals surface area contributed by atoms with Crippen LogP contribution in [-0.4, -0.2) is 26.7 Å². The smallest absolute Gasteiger partial charge is 0.291 e. The molecule has 29 heavy (non-hydrogen) atoms. The molecule has 148 valence electrons. The van der Waals surface area contributed by atoms with E-state index in [1.54, 1.807) is 4.68 Å². The average molecular weight is 386 g/mol. The minimum Gasteiger partial charge on any atom is -0.347 e. The zero-order valence-electron chi connectivity index (χ0n) is 16.7. The summed E-state index contributed by atoms with van der Waals surface area (Å²) < 4.78 is 1.76. The molecule has 2 aliphatic carbocycles. The van der Waals surface area contributed by atoms with E-state index < -0.39 is 0 Å². The number of amides is 1. The molecule has 2 aromatic carbocycles. The number of aromatic nitrogens is 3. The third-order valence-corrected chi connectivity index (χ3v) is 6.64. The van der Waals surface area contributed by atoms with Crippen molar-refractivity contribution in [3.63, 3.8) is 0 Å². The summed E-state index contributed by atoms with van der Waals surface area (Å²) in [7, 11) is 0. The summed E-state index contributed by atoms with van der Waals surface area (Å²) in [6.07, 6.45) is 5.26. The topological polar surface area (TPSA) is 59.8 Å². The Hall–Kier alpha value is -2.95. The summed E-state index contributed by atoms with van der Waals surface area (Å²) in [5.41, 5.74) is 1.82. The predicted molar refractivity (Wildman–Crippen MR) is 113 cm³/mol. The number of hydrogen-bond acceptors (Lipinski definition) is 3. The summed E-state index contributed by atoms with van der Waals surface area (Å²) in [4.78, 5) is 17.6. The second-order valence-corrected chi connectivity index (χ2v) is 8.47. The van der Waals surface area contributed by atoms with Gasteiger partial charge >= 0.3 is 0 Å². The number of nitrogens with zero attached hydrogens (tertiary/aromatic N) is 3. The molecule has 2 bridgehead atoms. The summed E-state index contributed by atoms with van der Waals surface area (Å²) in [6, 6.07) is 19.9. The van der Waals surface area contributed by atoms with Crippen LogP contribution in [-0.2, 0) is 0 Å². The highest BCUT2D eigenvalue weighted by Crippen LogP contribution is 2.49. The van der Waals surface area contributed by atoms with Crippen LogP contribution in [0.25, 0.3) is 17.1 Å². The van der Waals surface area contributed by atoms with E-state index in [9.17, 15) is 4.79 Å². The molecule has 0 spiro atoms. The normalized spacial score (nSPS) is 23.8. The molecular weight excluding hydrogens is 360 g/mol. The van der Waals surface area contributed by atoms with E-state index >= 15 is 0 Å². The molecule has 3 aromatic rings. The Balaban J connectivity index is 1.43. The third kappa shape index (κ3) is 3.46. The number of nitrogens with one attached hydrogen (secondary N) is 1. The second-order valence-electron chi connectivity index (χ2n) is 8.47. The van der Waals surface area contributed by atoms with Crippen LogP contribution in [0.5, 0.6) is 0 Å². The molecule has 0 aliphatic heterocycles. The molecule has 2 saturated carbocycles. The van der Waals surface area contributed by atoms with Crippen molar-refractivity contribution in [1.29, 1.82) is 0 Å². The molecule has 1 N–H and O–H groups in total. The monoisotopic (exact) mass is 386 g/mol. The Kier molecular flexibility index (Phi) is 4.66. The number of benzene rings is 2. The molecule has 4 unspecified atom stereocenters. The maximum absolute atomic E-state index is 13.0. The van der Waals surface area contributed by atoms with Crippen LogP contribution in [0.2, 0.25) is 0 Å². The van der Waals surface area contributed by atoms with Crippen LogP contribution in [0, 0.1) is 17.8 Å². The van der Waals surface area contributed by atoms with Crippen LogP contribution in [0.1, 0.15) is 43.2 Å². The Morgan fingerprint density at radius 1 is 1.03 bits per heavy atom. The molecule has 0 radical (unpaired) electrons. The first-order valence-corrected chi connectivity index (χ1v) is 10.6. The minimum absolute atomic E-state index is 0.154. The van der Waals surface area contributed by atoms with E-state index in [1.165, 1.54) is 25.7 Å². The third-order valence-electron chi connectivity index (χ3n) is 6.64. The van der Waals surface area contributed by atoms with E-state index in [2.05, 4.69) is 22.3 Å². The van der Waals surface area contributed by atoms with E-state index in [4.69, 9.17) is 0 Å². The minimum atomic E-state index is -0.188. The van der Waals surface area contributed by atoms with Crippen LogP contribution in [0.3, 0.4) is 0 Å². The summed E-state index contributed by atoms with van der Waals surface area (Å²) in [6.45, 7) is 2.13. The van der Waals surface area contributed by atoms with E-state index in [0.29, 0.717) is 11.7 Å². The second kappa shape index (κ2) is 7.47. The highest BCUT2D eigenvalue weighted by molar-refractivity contribution is 5.91. The summed E-state index contributed by atoms with van der Waals surface area (Å²) >= 11 is 0. The zero-order chi connectivity index (χ0) is 19.8. The quantitative estimate of drug-likeness (QED) is 0.703. The number of carbonyl (C=O) groups excluding carboxylic acids is 1. The van der Waals surface area contributed by atoms with Gasteiger partial charge in [0.25, 0.3) is 5.91 Å². The number of para-hydroxylation sites is 1. The molecule has 0 saturated heterocycles. The fourth-order valence-electron chi connectivity index (χ4n) is 5.22. The van der Waals surface area contributed by atoms with Gasteiger partial charge in [0.1, 0.15) is 0 Å². The number of rotatable bonds is 5. The van der Waals surface area contributed by atoms with E-state index in [-0.39, 0.29) is 17.8 Å². The first-order valence-electron chi connectivity index (χ1n) is 10.6. The molecule has 5 nitrogen and oxygen atoms in total. The van der Waals surface area contributed by atoms with E-state index in [0.717, 1.165) is 23.1 Å². The first-order chi connectivity index (χ1) is 14.2. The molecule has 5 rings (SSSR count). The maximum atomic E-state index is 13.0. The van der Waals surface area contributed by atoms with Crippen molar-refractivity contribution in [3.05, 3.63) is 66.5 Å². The van der Waals surface area contributed by atoms with Gasteiger partial charge in [-0.05, 0) is 56.1 Å². The standard InChI is InChI=1S/C24H26N4O/c1-16(21-15-17-12-13-19(21)14-17)25-24(29)22-26-23(18-8-4-2-5-9-18)28(27-22)20-10-6-3-7-11-20/h2-11,16-17,19,21H,12-15H2,1H3,(H,25,29). The van der Waals surface area contributed by atoms with Crippen molar-refractivity contribution >= 4 is 5.91 Å². The Bertz CT molecular complexity index is 941. The van der Waals surface area contributed by atoms with Gasteiger partial charge in [0, 0.05) is 11.6 Å². The van der Waals surface area contributed by atoms with Gasteiger partial charge in [0.2, 0.25) is 5.82 Å². The maximum Gasteiger partial charge on any atom is 0.291 e. The van der Waals surface area contributed by atoms with Crippen molar-refractivity contribution in [1.82, 2.24) is 20.1 Å². The lowest BCUT2D eigenvalue weighted by Crippen LogP contribution is -2.40. The van der Waals surface area contributed by atoms with Gasteiger partial charge in [-0.3, -0.25) is 4.79 Å². The molecule has 1 amide bonds. The molecule has 2 fully saturated rings. The van der Waals surface area contributed by atoms with Gasteiger partial charge in [-0.25, -0.2) is 9.67 Å². The van der Waals surface area contributed by atoms with Gasteiger partial charge in [-0.15, -0.1) is 5.10 Å². The molecule has 2 aliphatic rings. The van der Waals surface area contributed by atoms with Crippen LogP contribution in [0.4, 0.5) is 0 Å². The Morgan fingerprint density at radius 3 is 2.41 bits per heavy atom. The molecule has 4 atom stereocenters. The highest BCUT2D eigenvalue weighted by Gasteiger charge is 2.42. The summed E-state index contributed by atoms with van der Waals surface area (Å²) in [5, 5.41) is 7.77. The largest absolute Gasteiger partial charge is 0.347 e. The molecule has 1 heterocycles. The number of carbonyl (C=O) groups is 1. The van der Waals surface area contributed by atoms with Gasteiger partial charge in [0.15, 0.2) is 5.82 Å². The van der Waals surface area contributed by atoms with Crippen LogP contribution in [0.15, 0.2) is 60.7 Å². The lowest BCUT2D eigenvalue weighted by atomic mass is 9.84. The first kappa shape index (κ1) is 18.1. The van der Waals surface area contributed by atoms with Gasteiger partial charge in [-0.2, -0.15) is 0 Å². The van der Waals surface area contributed by atoms with Gasteiger partial charge in [0.05, 0.1) is 5.69 Å². The van der Waals surface area contributed by atoms with Gasteiger partial charge in [-0.1, -0.05) is 55.0 Å². The molecule has 5 heteroatoms. The lowest BCUT2D eigenvalue weighted by Gasteiger charge is -2.28. The van der Waals surface area contributed by atoms with Crippen molar-refractivity contribution in [2.24, 2.45) is 17.8 Å². The lowest BCUT2D eigenvalue weighted by molar-refractivity contribution is 0.0905. The molecular formula is C24H26N4O. The SMILES string of the molecule is CC(NC(=O)c1nc(-c2ccccc2)n(-c2ccccc2)n1)C1CC2CCC1C2. The van der Waals surface area contributed by atoms with Crippen LogP contribution >= 0.6 is 0 Å². The Labute approximate surface area is 171 Å². The molecule has 1 aromatic heterocycles. The van der Waals surface area contributed by atoms with Crippen molar-refractivity contribution in [2.45, 2.75) is 38.6 Å². The summed E-state index contributed by atoms with van der Waals surface area (Å²) in [5.74, 6) is 2.93. The number of fused-ring (bicyclic) bond motifs is 2. The zero-order valence-corrected chi connectivity index (χ0v) is 16.7. The van der Waals surface area contributed by atoms with Crippen LogP contribution < -0.4 is 5.32 Å². The fraction of sp³-hybridized carbons (Fsp3) is 0.375. The van der Waals surface area contributed by atoms with E-state index in [1.807, 2.05) is 60.7 Å². The predicted octanol–water partition coefficient (Wildman–Crippen LogP) is 4.49. The number of hydrogen-bond donors (Lipinski definition) is 1. The van der Waals surface area contributed by atoms with Crippen molar-refractivity contribution in [2.75, 3.05) is 0 Å². The highest BCUT2D eigenvalue weighted by atomic mass is 16.2. The van der Waals surface area contributed by atoms with Crippen molar-refractivity contribution in [3.8, 4) is 17.1 Å². The van der Waals surface area contributed by atoms with Gasteiger partial charge < -0.3 is 5.32 Å².